The van der Waals surface area contributed by atoms with Crippen molar-refractivity contribution >= 4 is 23.8 Å². The van der Waals surface area contributed by atoms with Crippen LogP contribution in [0.25, 0.3) is 0 Å². The van der Waals surface area contributed by atoms with E-state index in [-0.39, 0.29) is 58.3 Å². The minimum atomic E-state index is -1.20. The number of carbonyl (C=O) groups excluding carboxylic acids is 4. The van der Waals surface area contributed by atoms with Gasteiger partial charge in [0.25, 0.3) is 0 Å². The Balaban J connectivity index is 2.02. The molecule has 1 aromatic rings. The molecule has 2 unspecified atom stereocenters. The van der Waals surface area contributed by atoms with Crippen molar-refractivity contribution in [3.63, 3.8) is 0 Å². The van der Waals surface area contributed by atoms with Crippen LogP contribution in [0.4, 0.5) is 0 Å². The lowest BCUT2D eigenvalue weighted by Gasteiger charge is -2.21. The molecule has 192 valence electrons. The number of carbonyl (C=O) groups is 4. The molecule has 0 fully saturated rings. The van der Waals surface area contributed by atoms with Crippen LogP contribution < -0.4 is 10.6 Å². The highest BCUT2D eigenvalue weighted by molar-refractivity contribution is 5.89. The first kappa shape index (κ1) is 28.0. The van der Waals surface area contributed by atoms with E-state index in [9.17, 15) is 19.2 Å². The highest BCUT2D eigenvalue weighted by Gasteiger charge is 2.29. The largest absolute Gasteiger partial charge is 0.463 e. The lowest BCUT2D eigenvalue weighted by Crippen LogP contribution is -2.48. The van der Waals surface area contributed by atoms with E-state index in [1.54, 1.807) is 18.2 Å². The minimum absolute atomic E-state index is 0.00686. The molecule has 0 spiro atoms. The summed E-state index contributed by atoms with van der Waals surface area (Å²) in [5.41, 5.74) is 0.775. The highest BCUT2D eigenvalue weighted by Crippen LogP contribution is 2.13. The summed E-state index contributed by atoms with van der Waals surface area (Å²) in [7, 11) is 0. The van der Waals surface area contributed by atoms with E-state index in [4.69, 9.17) is 19.3 Å². The maximum atomic E-state index is 13.0. The van der Waals surface area contributed by atoms with Gasteiger partial charge in [-0.05, 0) is 24.8 Å². The number of ether oxygens (including phenoxy) is 3. The molecule has 2 amide bonds. The second kappa shape index (κ2) is 16.4. The molecular formula is C25H34N2O8. The number of hydrogen-bond donors (Lipinski definition) is 3. The number of aliphatic hydroxyl groups is 1. The maximum absolute atomic E-state index is 13.0. The van der Waals surface area contributed by atoms with Crippen molar-refractivity contribution in [2.75, 3.05) is 33.0 Å². The number of benzene rings is 1. The summed E-state index contributed by atoms with van der Waals surface area (Å²) < 4.78 is 15.6. The molecule has 0 radical (unpaired) electrons. The number of allylic oxidation sites excluding steroid dienone is 2. The van der Waals surface area contributed by atoms with Gasteiger partial charge >= 0.3 is 11.9 Å². The molecule has 10 nitrogen and oxygen atoms in total. The molecular weight excluding hydrogens is 456 g/mol. The average molecular weight is 491 g/mol. The Morgan fingerprint density at radius 2 is 1.94 bits per heavy atom. The Bertz CT molecular complexity index is 843. The molecule has 2 rings (SSSR count). The van der Waals surface area contributed by atoms with Crippen LogP contribution in [0.5, 0.6) is 0 Å². The van der Waals surface area contributed by atoms with Gasteiger partial charge in [-0.2, -0.15) is 0 Å². The van der Waals surface area contributed by atoms with Gasteiger partial charge in [-0.3, -0.25) is 14.4 Å². The molecule has 35 heavy (non-hydrogen) atoms. The van der Waals surface area contributed by atoms with Crippen LogP contribution in [0.15, 0.2) is 42.5 Å². The SMILES string of the molecule is O=C(CC1CC=CCCCC(=O)OCC(C(=O)OCc2ccccc2)NC1=O)NCCOCCO. The van der Waals surface area contributed by atoms with Gasteiger partial charge in [0.15, 0.2) is 6.04 Å². The zero-order chi connectivity index (χ0) is 25.3. The number of nitrogens with one attached hydrogen (secondary N) is 2. The van der Waals surface area contributed by atoms with Gasteiger partial charge in [-0.15, -0.1) is 0 Å². The lowest BCUT2D eigenvalue weighted by molar-refractivity contribution is -0.155. The second-order valence-corrected chi connectivity index (χ2v) is 8.02. The van der Waals surface area contributed by atoms with Crippen molar-refractivity contribution in [1.29, 1.82) is 0 Å². The minimum Gasteiger partial charge on any atom is -0.463 e. The van der Waals surface area contributed by atoms with Gasteiger partial charge in [0.2, 0.25) is 11.8 Å². The van der Waals surface area contributed by atoms with Crippen molar-refractivity contribution in [1.82, 2.24) is 10.6 Å². The molecule has 10 heteroatoms. The smallest absolute Gasteiger partial charge is 0.332 e. The van der Waals surface area contributed by atoms with E-state index in [1.165, 1.54) is 0 Å². The third-order valence-corrected chi connectivity index (χ3v) is 5.18. The van der Waals surface area contributed by atoms with Gasteiger partial charge in [0.1, 0.15) is 13.2 Å². The Kier molecular flexibility index (Phi) is 13.1. The summed E-state index contributed by atoms with van der Waals surface area (Å²) in [6, 6.07) is 7.87. The molecule has 1 aliphatic heterocycles. The van der Waals surface area contributed by atoms with Crippen LogP contribution in [-0.4, -0.2) is 67.9 Å². The van der Waals surface area contributed by atoms with Gasteiger partial charge < -0.3 is 30.0 Å². The van der Waals surface area contributed by atoms with Crippen LogP contribution in [0.1, 0.15) is 37.7 Å². The first-order valence-corrected chi connectivity index (χ1v) is 11.8. The van der Waals surface area contributed by atoms with Crippen LogP contribution >= 0.6 is 0 Å². The fraction of sp³-hybridized carbons (Fsp3) is 0.520. The summed E-state index contributed by atoms with van der Waals surface area (Å²) in [6.45, 7) is 0.210. The Labute approximate surface area is 205 Å². The lowest BCUT2D eigenvalue weighted by atomic mass is 9.98. The van der Waals surface area contributed by atoms with E-state index in [0.717, 1.165) is 5.56 Å². The Morgan fingerprint density at radius 3 is 2.71 bits per heavy atom. The van der Waals surface area contributed by atoms with Crippen LogP contribution in [0.3, 0.4) is 0 Å². The van der Waals surface area contributed by atoms with Gasteiger partial charge in [-0.1, -0.05) is 42.5 Å². The zero-order valence-corrected chi connectivity index (χ0v) is 19.8. The van der Waals surface area contributed by atoms with Gasteiger partial charge in [0.05, 0.1) is 25.7 Å². The fourth-order valence-electron chi connectivity index (χ4n) is 3.29. The van der Waals surface area contributed by atoms with Crippen molar-refractivity contribution < 1.29 is 38.5 Å². The number of hydrogen-bond acceptors (Lipinski definition) is 8. The van der Waals surface area contributed by atoms with E-state index in [2.05, 4.69) is 10.6 Å². The first-order chi connectivity index (χ1) is 17.0. The monoisotopic (exact) mass is 490 g/mol. The molecule has 1 aromatic carbocycles. The molecule has 2 atom stereocenters. The van der Waals surface area contributed by atoms with E-state index in [1.807, 2.05) is 24.3 Å². The summed E-state index contributed by atoms with van der Waals surface area (Å²) in [5.74, 6) is -2.79. The number of esters is 2. The third kappa shape index (κ3) is 11.6. The normalized spacial score (nSPS) is 19.3. The molecule has 0 bridgehead atoms. The van der Waals surface area contributed by atoms with E-state index < -0.39 is 29.8 Å². The standard InChI is InChI=1S/C25H34N2O8/c28-13-15-33-14-12-26-22(29)16-20-10-6-1-2-7-11-23(30)34-18-21(27-24(20)31)25(32)35-17-19-8-4-3-5-9-19/h1,3-6,8-9,20-21,28H,2,7,10-18H2,(H,26,29)(H,27,31). The summed E-state index contributed by atoms with van der Waals surface area (Å²) in [6.07, 6.45) is 5.24. The summed E-state index contributed by atoms with van der Waals surface area (Å²) in [5, 5.41) is 14.0. The summed E-state index contributed by atoms with van der Waals surface area (Å²) in [4.78, 5) is 50.1. The quantitative estimate of drug-likeness (QED) is 0.251. The number of rotatable bonds is 10. The highest BCUT2D eigenvalue weighted by atomic mass is 16.6. The Hall–Kier alpha value is -3.24. The van der Waals surface area contributed by atoms with Crippen molar-refractivity contribution in [2.45, 2.75) is 44.8 Å². The predicted octanol–water partition coefficient (Wildman–Crippen LogP) is 1.02. The molecule has 1 heterocycles. The number of amides is 2. The van der Waals surface area contributed by atoms with Crippen LogP contribution in [-0.2, 0) is 40.0 Å². The number of aliphatic hydroxyl groups excluding tert-OH is 1. The average Bonchev–Trinajstić information content (AvgIpc) is 2.87. The number of cyclic esters (lactones) is 1. The van der Waals surface area contributed by atoms with Crippen molar-refractivity contribution in [2.24, 2.45) is 5.92 Å². The molecule has 0 saturated heterocycles. The summed E-state index contributed by atoms with van der Waals surface area (Å²) >= 11 is 0. The first-order valence-electron chi connectivity index (χ1n) is 11.8. The maximum Gasteiger partial charge on any atom is 0.332 e. The van der Waals surface area contributed by atoms with E-state index >= 15 is 0 Å². The molecule has 0 aliphatic carbocycles. The van der Waals surface area contributed by atoms with Crippen molar-refractivity contribution in [3.05, 3.63) is 48.0 Å². The molecule has 1 aliphatic rings. The van der Waals surface area contributed by atoms with E-state index in [0.29, 0.717) is 19.3 Å². The molecule has 3 N–H and O–H groups in total. The molecule has 0 saturated carbocycles. The Morgan fingerprint density at radius 1 is 1.14 bits per heavy atom. The van der Waals surface area contributed by atoms with Gasteiger partial charge in [-0.25, -0.2) is 4.79 Å². The van der Waals surface area contributed by atoms with Gasteiger partial charge in [0, 0.05) is 19.4 Å². The second-order valence-electron chi connectivity index (χ2n) is 8.02. The van der Waals surface area contributed by atoms with Crippen molar-refractivity contribution in [3.8, 4) is 0 Å². The van der Waals surface area contributed by atoms with Crippen LogP contribution in [0.2, 0.25) is 0 Å². The third-order valence-electron chi connectivity index (χ3n) is 5.18. The fourth-order valence-corrected chi connectivity index (χ4v) is 3.29. The van der Waals surface area contributed by atoms with Crippen LogP contribution in [0, 0.1) is 5.92 Å². The predicted molar refractivity (Wildman–Crippen MR) is 126 cm³/mol. The molecule has 0 aromatic heterocycles. The zero-order valence-electron chi connectivity index (χ0n) is 19.8. The topological polar surface area (TPSA) is 140 Å².